The number of aryl methyl sites for hydroxylation is 1. The van der Waals surface area contributed by atoms with E-state index in [0.29, 0.717) is 17.6 Å². The lowest BCUT2D eigenvalue weighted by Gasteiger charge is -2.07. The summed E-state index contributed by atoms with van der Waals surface area (Å²) in [4.78, 5) is 12.8. The van der Waals surface area contributed by atoms with Crippen LogP contribution < -0.4 is 0 Å². The van der Waals surface area contributed by atoms with E-state index in [-0.39, 0.29) is 0 Å². The van der Waals surface area contributed by atoms with Gasteiger partial charge >= 0.3 is 0 Å². The Bertz CT molecular complexity index is 527. The zero-order valence-electron chi connectivity index (χ0n) is 10.4. The summed E-state index contributed by atoms with van der Waals surface area (Å²) >= 11 is 6.00. The Labute approximate surface area is 111 Å². The molecule has 0 bridgehead atoms. The van der Waals surface area contributed by atoms with E-state index < -0.39 is 0 Å². The monoisotopic (exact) mass is 266 g/mol. The highest BCUT2D eigenvalue weighted by Crippen LogP contribution is 2.18. The van der Waals surface area contributed by atoms with Gasteiger partial charge in [0.15, 0.2) is 5.82 Å². The summed E-state index contributed by atoms with van der Waals surface area (Å²) in [6.45, 7) is 3.40. The first-order valence-corrected chi connectivity index (χ1v) is 6.15. The van der Waals surface area contributed by atoms with E-state index in [2.05, 4.69) is 21.9 Å². The number of nitrogens with zero attached hydrogens (tertiary/aromatic N) is 4. The van der Waals surface area contributed by atoms with Crippen LogP contribution in [0.4, 0.5) is 0 Å². The van der Waals surface area contributed by atoms with Crippen LogP contribution in [0.15, 0.2) is 18.6 Å². The van der Waals surface area contributed by atoms with Gasteiger partial charge in [0.25, 0.3) is 0 Å². The summed E-state index contributed by atoms with van der Waals surface area (Å²) in [5.74, 6) is 0.584. The predicted octanol–water partition coefficient (Wildman–Crippen LogP) is 2.55. The molecule has 0 aromatic carbocycles. The smallest absolute Gasteiger partial charge is 0.179 e. The zero-order valence-corrected chi connectivity index (χ0v) is 11.2. The van der Waals surface area contributed by atoms with Crippen LogP contribution in [0.2, 0.25) is 5.15 Å². The summed E-state index contributed by atoms with van der Waals surface area (Å²) in [6.07, 6.45) is 4.55. The third kappa shape index (κ3) is 2.86. The van der Waals surface area contributed by atoms with Gasteiger partial charge in [-0.15, -0.1) is 0 Å². The summed E-state index contributed by atoms with van der Waals surface area (Å²) < 4.78 is 7.08. The Morgan fingerprint density at radius 3 is 2.94 bits per heavy atom. The molecule has 0 saturated carbocycles. The third-order valence-electron chi connectivity index (χ3n) is 2.45. The minimum Gasteiger partial charge on any atom is -0.378 e. The molecular weight excluding hydrogens is 252 g/mol. The Morgan fingerprint density at radius 2 is 2.22 bits per heavy atom. The van der Waals surface area contributed by atoms with Crippen LogP contribution in [0.1, 0.15) is 19.0 Å². The fraction of sp³-hybridized carbons (Fsp3) is 0.417. The third-order valence-corrected chi connectivity index (χ3v) is 2.64. The van der Waals surface area contributed by atoms with Crippen LogP contribution in [0.25, 0.3) is 11.5 Å². The molecule has 0 aliphatic carbocycles. The molecule has 0 N–H and O–H groups in total. The summed E-state index contributed by atoms with van der Waals surface area (Å²) in [6, 6.07) is 1.70. The van der Waals surface area contributed by atoms with Crippen molar-refractivity contribution in [2.45, 2.75) is 26.5 Å². The maximum absolute atomic E-state index is 6.00. The molecule has 0 atom stereocenters. The second kappa shape index (κ2) is 5.93. The average Bonchev–Trinajstić information content (AvgIpc) is 2.77. The SMILES string of the molecule is CCCn1cncc1-c1nc(Cl)cc(COC)n1. The average molecular weight is 267 g/mol. The van der Waals surface area contributed by atoms with Crippen molar-refractivity contribution in [2.75, 3.05) is 7.11 Å². The second-order valence-corrected chi connectivity index (χ2v) is 4.30. The molecule has 0 spiro atoms. The van der Waals surface area contributed by atoms with Gasteiger partial charge in [-0.2, -0.15) is 0 Å². The van der Waals surface area contributed by atoms with Crippen LogP contribution in [0.5, 0.6) is 0 Å². The normalized spacial score (nSPS) is 10.8. The summed E-state index contributed by atoms with van der Waals surface area (Å²) in [5, 5.41) is 0.413. The van der Waals surface area contributed by atoms with Gasteiger partial charge in [0.2, 0.25) is 0 Å². The van der Waals surface area contributed by atoms with E-state index in [9.17, 15) is 0 Å². The summed E-state index contributed by atoms with van der Waals surface area (Å²) in [5.41, 5.74) is 1.63. The van der Waals surface area contributed by atoms with Crippen LogP contribution >= 0.6 is 11.6 Å². The van der Waals surface area contributed by atoms with Crippen molar-refractivity contribution in [1.82, 2.24) is 19.5 Å². The molecule has 2 heterocycles. The van der Waals surface area contributed by atoms with Gasteiger partial charge in [-0.05, 0) is 12.5 Å². The standard InChI is InChI=1S/C12H15ClN4O/c1-3-4-17-8-14-6-10(17)12-15-9(7-18-2)5-11(13)16-12/h5-6,8H,3-4,7H2,1-2H3. The maximum atomic E-state index is 6.00. The Kier molecular flexibility index (Phi) is 4.28. The highest BCUT2D eigenvalue weighted by molar-refractivity contribution is 6.29. The minimum atomic E-state index is 0.413. The van der Waals surface area contributed by atoms with Crippen molar-refractivity contribution < 1.29 is 4.74 Å². The topological polar surface area (TPSA) is 52.8 Å². The number of methoxy groups -OCH3 is 1. The minimum absolute atomic E-state index is 0.413. The first-order chi connectivity index (χ1) is 8.74. The van der Waals surface area contributed by atoms with Gasteiger partial charge in [-0.1, -0.05) is 18.5 Å². The van der Waals surface area contributed by atoms with Crippen LogP contribution in [-0.4, -0.2) is 26.6 Å². The van der Waals surface area contributed by atoms with E-state index >= 15 is 0 Å². The number of imidazole rings is 1. The largest absolute Gasteiger partial charge is 0.378 e. The fourth-order valence-corrected chi connectivity index (χ4v) is 1.93. The molecule has 0 saturated heterocycles. The molecule has 0 aliphatic heterocycles. The Balaban J connectivity index is 2.39. The van der Waals surface area contributed by atoms with Crippen molar-refractivity contribution in [1.29, 1.82) is 0 Å². The fourth-order valence-electron chi connectivity index (χ4n) is 1.73. The Morgan fingerprint density at radius 1 is 1.39 bits per heavy atom. The first-order valence-electron chi connectivity index (χ1n) is 5.77. The zero-order chi connectivity index (χ0) is 13.0. The van der Waals surface area contributed by atoms with Gasteiger partial charge in [0, 0.05) is 13.7 Å². The molecule has 2 aromatic rings. The van der Waals surface area contributed by atoms with Gasteiger partial charge < -0.3 is 9.30 Å². The lowest BCUT2D eigenvalue weighted by atomic mass is 10.3. The highest BCUT2D eigenvalue weighted by atomic mass is 35.5. The Hall–Kier alpha value is -1.46. The molecule has 0 fully saturated rings. The van der Waals surface area contributed by atoms with Crippen LogP contribution in [0, 0.1) is 0 Å². The van der Waals surface area contributed by atoms with E-state index in [1.807, 2.05) is 4.57 Å². The van der Waals surface area contributed by atoms with Crippen molar-refractivity contribution in [3.8, 4) is 11.5 Å². The van der Waals surface area contributed by atoms with Crippen molar-refractivity contribution in [2.24, 2.45) is 0 Å². The van der Waals surface area contributed by atoms with Gasteiger partial charge in [-0.3, -0.25) is 0 Å². The van der Waals surface area contributed by atoms with E-state index in [1.54, 1.807) is 25.7 Å². The maximum Gasteiger partial charge on any atom is 0.179 e. The molecule has 5 nitrogen and oxygen atoms in total. The van der Waals surface area contributed by atoms with E-state index in [1.165, 1.54) is 0 Å². The molecule has 0 amide bonds. The van der Waals surface area contributed by atoms with Gasteiger partial charge in [0.1, 0.15) is 10.8 Å². The molecule has 18 heavy (non-hydrogen) atoms. The predicted molar refractivity (Wildman–Crippen MR) is 69.3 cm³/mol. The van der Waals surface area contributed by atoms with E-state index in [4.69, 9.17) is 16.3 Å². The lowest BCUT2D eigenvalue weighted by Crippen LogP contribution is -2.03. The van der Waals surface area contributed by atoms with E-state index in [0.717, 1.165) is 24.4 Å². The van der Waals surface area contributed by atoms with Crippen molar-refractivity contribution in [3.05, 3.63) is 29.4 Å². The molecule has 2 rings (SSSR count). The lowest BCUT2D eigenvalue weighted by molar-refractivity contribution is 0.181. The number of halogens is 1. The number of ether oxygens (including phenoxy) is 1. The molecule has 0 radical (unpaired) electrons. The molecule has 6 heteroatoms. The van der Waals surface area contributed by atoms with Crippen LogP contribution in [0.3, 0.4) is 0 Å². The molecule has 2 aromatic heterocycles. The molecule has 96 valence electrons. The van der Waals surface area contributed by atoms with Gasteiger partial charge in [0.05, 0.1) is 24.8 Å². The molecular formula is C12H15ClN4O. The van der Waals surface area contributed by atoms with Crippen molar-refractivity contribution in [3.63, 3.8) is 0 Å². The number of hydrogen-bond donors (Lipinski definition) is 0. The van der Waals surface area contributed by atoms with Crippen LogP contribution in [-0.2, 0) is 17.9 Å². The molecule has 0 aliphatic rings. The first kappa shape index (κ1) is 13.0. The van der Waals surface area contributed by atoms with Gasteiger partial charge in [-0.25, -0.2) is 15.0 Å². The van der Waals surface area contributed by atoms with Crippen molar-refractivity contribution >= 4 is 11.6 Å². The number of rotatable bonds is 5. The second-order valence-electron chi connectivity index (χ2n) is 3.91. The molecule has 0 unspecified atom stereocenters. The number of aromatic nitrogens is 4. The number of hydrogen-bond acceptors (Lipinski definition) is 4. The highest BCUT2D eigenvalue weighted by Gasteiger charge is 2.10. The quantitative estimate of drug-likeness (QED) is 0.781. The summed E-state index contributed by atoms with van der Waals surface area (Å²) in [7, 11) is 1.62.